The van der Waals surface area contributed by atoms with Crippen molar-refractivity contribution in [2.45, 2.75) is 32.9 Å². The minimum absolute atomic E-state index is 0.218. The Labute approximate surface area is 98.0 Å². The smallest absolute Gasteiger partial charge is 0.119 e. The van der Waals surface area contributed by atoms with E-state index < -0.39 is 0 Å². The summed E-state index contributed by atoms with van der Waals surface area (Å²) in [4.78, 5) is 0. The zero-order valence-corrected chi connectivity index (χ0v) is 10.4. The van der Waals surface area contributed by atoms with Crippen molar-refractivity contribution in [2.24, 2.45) is 5.73 Å². The molecule has 3 heteroatoms. The standard InChI is InChI=1S/C13H22N2O/c1-4-16-12-7-5-11(6-8-12)13(9-14)15-10(2)3/h5-8,10,13,15H,4,9,14H2,1-3H3. The first-order valence-electron chi connectivity index (χ1n) is 5.86. The lowest BCUT2D eigenvalue weighted by atomic mass is 10.1. The van der Waals surface area contributed by atoms with Crippen LogP contribution in [0.1, 0.15) is 32.4 Å². The highest BCUT2D eigenvalue weighted by molar-refractivity contribution is 5.29. The summed E-state index contributed by atoms with van der Waals surface area (Å²) in [6.07, 6.45) is 0. The summed E-state index contributed by atoms with van der Waals surface area (Å²) < 4.78 is 5.40. The van der Waals surface area contributed by atoms with Gasteiger partial charge in [0.25, 0.3) is 0 Å². The van der Waals surface area contributed by atoms with Crippen molar-refractivity contribution in [3.05, 3.63) is 29.8 Å². The minimum atomic E-state index is 0.218. The molecule has 1 aromatic rings. The first kappa shape index (κ1) is 13.0. The van der Waals surface area contributed by atoms with Crippen LogP contribution in [0, 0.1) is 0 Å². The molecule has 0 fully saturated rings. The van der Waals surface area contributed by atoms with Gasteiger partial charge in [-0.05, 0) is 24.6 Å². The Balaban J connectivity index is 2.70. The second kappa shape index (κ2) is 6.51. The Bertz CT molecular complexity index is 295. The molecular formula is C13H22N2O. The van der Waals surface area contributed by atoms with E-state index in [1.54, 1.807) is 0 Å². The minimum Gasteiger partial charge on any atom is -0.494 e. The monoisotopic (exact) mass is 222 g/mol. The van der Waals surface area contributed by atoms with E-state index in [0.717, 1.165) is 5.75 Å². The quantitative estimate of drug-likeness (QED) is 0.774. The Morgan fingerprint density at radius 3 is 2.31 bits per heavy atom. The zero-order chi connectivity index (χ0) is 12.0. The molecule has 0 saturated carbocycles. The van der Waals surface area contributed by atoms with Crippen LogP contribution in [0.4, 0.5) is 0 Å². The summed E-state index contributed by atoms with van der Waals surface area (Å²) in [5, 5.41) is 3.43. The molecule has 0 aromatic heterocycles. The third kappa shape index (κ3) is 3.83. The lowest BCUT2D eigenvalue weighted by Gasteiger charge is -2.20. The fourth-order valence-corrected chi connectivity index (χ4v) is 1.67. The van der Waals surface area contributed by atoms with E-state index in [-0.39, 0.29) is 6.04 Å². The van der Waals surface area contributed by atoms with Gasteiger partial charge in [-0.2, -0.15) is 0 Å². The van der Waals surface area contributed by atoms with E-state index in [4.69, 9.17) is 10.5 Å². The lowest BCUT2D eigenvalue weighted by Crippen LogP contribution is -2.33. The van der Waals surface area contributed by atoms with Crippen molar-refractivity contribution >= 4 is 0 Å². The number of nitrogens with two attached hydrogens (primary N) is 1. The molecule has 1 rings (SSSR count). The topological polar surface area (TPSA) is 47.3 Å². The lowest BCUT2D eigenvalue weighted by molar-refractivity contribution is 0.340. The van der Waals surface area contributed by atoms with Crippen LogP contribution in [0.2, 0.25) is 0 Å². The van der Waals surface area contributed by atoms with Gasteiger partial charge in [0.15, 0.2) is 0 Å². The van der Waals surface area contributed by atoms with E-state index >= 15 is 0 Å². The van der Waals surface area contributed by atoms with Gasteiger partial charge in [-0.25, -0.2) is 0 Å². The molecule has 3 nitrogen and oxygen atoms in total. The fraction of sp³-hybridized carbons (Fsp3) is 0.538. The molecule has 0 aliphatic heterocycles. The zero-order valence-electron chi connectivity index (χ0n) is 10.4. The van der Waals surface area contributed by atoms with Gasteiger partial charge in [-0.1, -0.05) is 26.0 Å². The van der Waals surface area contributed by atoms with E-state index in [1.807, 2.05) is 19.1 Å². The van der Waals surface area contributed by atoms with Crippen LogP contribution in [-0.2, 0) is 0 Å². The molecule has 0 bridgehead atoms. The maximum atomic E-state index is 5.76. The summed E-state index contributed by atoms with van der Waals surface area (Å²) in [6, 6.07) is 8.76. The largest absolute Gasteiger partial charge is 0.494 e. The number of nitrogens with one attached hydrogen (secondary N) is 1. The highest BCUT2D eigenvalue weighted by Gasteiger charge is 2.10. The molecule has 0 aliphatic carbocycles. The second-order valence-electron chi connectivity index (χ2n) is 4.11. The van der Waals surface area contributed by atoms with E-state index in [1.165, 1.54) is 5.56 Å². The van der Waals surface area contributed by atoms with Crippen molar-refractivity contribution in [3.63, 3.8) is 0 Å². The van der Waals surface area contributed by atoms with Crippen LogP contribution in [0.25, 0.3) is 0 Å². The SMILES string of the molecule is CCOc1ccc(C(CN)NC(C)C)cc1. The van der Waals surface area contributed by atoms with E-state index in [2.05, 4.69) is 31.3 Å². The van der Waals surface area contributed by atoms with Gasteiger partial charge in [0, 0.05) is 18.6 Å². The van der Waals surface area contributed by atoms with Crippen molar-refractivity contribution in [1.29, 1.82) is 0 Å². The molecule has 0 aliphatic rings. The highest BCUT2D eigenvalue weighted by Crippen LogP contribution is 2.17. The number of rotatable bonds is 6. The van der Waals surface area contributed by atoms with Crippen molar-refractivity contribution in [1.82, 2.24) is 5.32 Å². The molecule has 1 atom stereocenters. The predicted molar refractivity (Wildman–Crippen MR) is 67.7 cm³/mol. The second-order valence-corrected chi connectivity index (χ2v) is 4.11. The Hall–Kier alpha value is -1.06. The number of ether oxygens (including phenoxy) is 1. The van der Waals surface area contributed by atoms with Gasteiger partial charge < -0.3 is 15.8 Å². The predicted octanol–water partition coefficient (Wildman–Crippen LogP) is 2.08. The molecule has 0 spiro atoms. The van der Waals surface area contributed by atoms with Crippen molar-refractivity contribution in [2.75, 3.05) is 13.2 Å². The van der Waals surface area contributed by atoms with Gasteiger partial charge in [-0.3, -0.25) is 0 Å². The Morgan fingerprint density at radius 2 is 1.88 bits per heavy atom. The average Bonchev–Trinajstić information content (AvgIpc) is 2.27. The van der Waals surface area contributed by atoms with Crippen molar-refractivity contribution < 1.29 is 4.74 Å². The average molecular weight is 222 g/mol. The summed E-state index contributed by atoms with van der Waals surface area (Å²) >= 11 is 0. The first-order valence-corrected chi connectivity index (χ1v) is 5.86. The molecule has 0 radical (unpaired) electrons. The number of hydrogen-bond acceptors (Lipinski definition) is 3. The molecule has 3 N–H and O–H groups in total. The molecule has 0 amide bonds. The van der Waals surface area contributed by atoms with Crippen LogP contribution >= 0.6 is 0 Å². The third-order valence-corrected chi connectivity index (χ3v) is 2.36. The van der Waals surface area contributed by atoms with Crippen LogP contribution < -0.4 is 15.8 Å². The number of benzene rings is 1. The fourth-order valence-electron chi connectivity index (χ4n) is 1.67. The van der Waals surface area contributed by atoms with Gasteiger partial charge >= 0.3 is 0 Å². The maximum absolute atomic E-state index is 5.76. The molecule has 0 saturated heterocycles. The van der Waals surface area contributed by atoms with Crippen LogP contribution in [0.3, 0.4) is 0 Å². The summed E-state index contributed by atoms with van der Waals surface area (Å²) in [5.41, 5.74) is 6.96. The van der Waals surface area contributed by atoms with Crippen LogP contribution in [-0.4, -0.2) is 19.2 Å². The summed E-state index contributed by atoms with van der Waals surface area (Å²) in [6.45, 7) is 7.53. The normalized spacial score (nSPS) is 12.8. The molecule has 1 unspecified atom stereocenters. The van der Waals surface area contributed by atoms with Crippen molar-refractivity contribution in [3.8, 4) is 5.75 Å². The Kier molecular flexibility index (Phi) is 5.29. The molecule has 90 valence electrons. The first-order chi connectivity index (χ1) is 7.67. The van der Waals surface area contributed by atoms with E-state index in [9.17, 15) is 0 Å². The number of hydrogen-bond donors (Lipinski definition) is 2. The highest BCUT2D eigenvalue weighted by atomic mass is 16.5. The molecule has 0 heterocycles. The van der Waals surface area contributed by atoms with Crippen LogP contribution in [0.5, 0.6) is 5.75 Å². The van der Waals surface area contributed by atoms with Gasteiger partial charge in [-0.15, -0.1) is 0 Å². The maximum Gasteiger partial charge on any atom is 0.119 e. The van der Waals surface area contributed by atoms with Gasteiger partial charge in [0.1, 0.15) is 5.75 Å². The molecule has 1 aromatic carbocycles. The van der Waals surface area contributed by atoms with Gasteiger partial charge in [0.05, 0.1) is 6.61 Å². The Morgan fingerprint density at radius 1 is 1.25 bits per heavy atom. The molecule has 16 heavy (non-hydrogen) atoms. The van der Waals surface area contributed by atoms with E-state index in [0.29, 0.717) is 19.2 Å². The molecular weight excluding hydrogens is 200 g/mol. The third-order valence-electron chi connectivity index (χ3n) is 2.36. The summed E-state index contributed by atoms with van der Waals surface area (Å²) in [7, 11) is 0. The van der Waals surface area contributed by atoms with Crippen LogP contribution in [0.15, 0.2) is 24.3 Å². The summed E-state index contributed by atoms with van der Waals surface area (Å²) in [5.74, 6) is 0.909. The van der Waals surface area contributed by atoms with Gasteiger partial charge in [0.2, 0.25) is 0 Å².